The van der Waals surface area contributed by atoms with Crippen molar-refractivity contribution in [2.75, 3.05) is 22.4 Å². The molecule has 0 unspecified atom stereocenters. The molecule has 0 spiro atoms. The Morgan fingerprint density at radius 1 is 1.21 bits per heavy atom. The normalized spacial score (nSPS) is 12.0. The quantitative estimate of drug-likeness (QED) is 0.623. The molecule has 0 aliphatic carbocycles. The van der Waals surface area contributed by atoms with Crippen LogP contribution < -0.4 is 14.9 Å². The fourth-order valence-electron chi connectivity index (χ4n) is 2.71. The number of amides is 2. The average molecular weight is 436 g/mol. The Hall–Kier alpha value is -2.84. The van der Waals surface area contributed by atoms with Gasteiger partial charge in [-0.2, -0.15) is 0 Å². The smallest absolute Gasteiger partial charge is 0.253 e. The summed E-state index contributed by atoms with van der Waals surface area (Å²) in [7, 11) is -3.79. The van der Waals surface area contributed by atoms with Crippen molar-refractivity contribution in [2.24, 2.45) is 0 Å². The van der Waals surface area contributed by atoms with Crippen LogP contribution in [0.5, 0.6) is 0 Å². The number of nitrogens with zero attached hydrogens (tertiary/aromatic N) is 1. The molecule has 0 heterocycles. The van der Waals surface area contributed by atoms with Crippen LogP contribution in [0.4, 0.5) is 11.4 Å². The number of carbonyl (C=O) groups excluding carboxylic acids is 2. The van der Waals surface area contributed by atoms with Crippen molar-refractivity contribution in [3.8, 4) is 0 Å². The Morgan fingerprint density at radius 3 is 2.52 bits per heavy atom. The van der Waals surface area contributed by atoms with Gasteiger partial charge in [-0.1, -0.05) is 35.9 Å². The summed E-state index contributed by atoms with van der Waals surface area (Å²) in [6, 6.07) is 11.6. The largest absolute Gasteiger partial charge is 0.349 e. The summed E-state index contributed by atoms with van der Waals surface area (Å²) < 4.78 is 25.7. The van der Waals surface area contributed by atoms with Gasteiger partial charge in [-0.15, -0.1) is 6.58 Å². The van der Waals surface area contributed by atoms with Crippen LogP contribution in [0.3, 0.4) is 0 Å². The molecular weight excluding hydrogens is 414 g/mol. The van der Waals surface area contributed by atoms with Gasteiger partial charge in [0.05, 0.1) is 23.2 Å². The zero-order valence-corrected chi connectivity index (χ0v) is 17.6. The SMILES string of the molecule is C=CCNC(=O)c1ccccc1NC(=O)[C@@H](C)N(c1cccc(Cl)c1)S(C)(=O)=O. The first-order valence-electron chi connectivity index (χ1n) is 8.69. The number of rotatable bonds is 8. The topological polar surface area (TPSA) is 95.6 Å². The fourth-order valence-corrected chi connectivity index (χ4v) is 4.06. The molecule has 0 saturated carbocycles. The van der Waals surface area contributed by atoms with Gasteiger partial charge in [0.2, 0.25) is 15.9 Å². The van der Waals surface area contributed by atoms with Crippen molar-refractivity contribution < 1.29 is 18.0 Å². The van der Waals surface area contributed by atoms with Gasteiger partial charge >= 0.3 is 0 Å². The molecule has 0 aliphatic rings. The van der Waals surface area contributed by atoms with Crippen LogP contribution in [0.15, 0.2) is 61.2 Å². The summed E-state index contributed by atoms with van der Waals surface area (Å²) in [4.78, 5) is 25.1. The van der Waals surface area contributed by atoms with Crippen molar-refractivity contribution in [1.29, 1.82) is 0 Å². The third kappa shape index (κ3) is 5.82. The zero-order chi connectivity index (χ0) is 21.6. The minimum Gasteiger partial charge on any atom is -0.349 e. The average Bonchev–Trinajstić information content (AvgIpc) is 2.65. The summed E-state index contributed by atoms with van der Waals surface area (Å²) in [5, 5.41) is 5.62. The number of carbonyl (C=O) groups is 2. The molecule has 29 heavy (non-hydrogen) atoms. The number of sulfonamides is 1. The van der Waals surface area contributed by atoms with Gasteiger partial charge in [-0.3, -0.25) is 13.9 Å². The molecule has 0 aromatic heterocycles. The van der Waals surface area contributed by atoms with E-state index in [9.17, 15) is 18.0 Å². The maximum absolute atomic E-state index is 12.8. The number of hydrogen-bond acceptors (Lipinski definition) is 4. The van der Waals surface area contributed by atoms with Crippen LogP contribution in [0.25, 0.3) is 0 Å². The van der Waals surface area contributed by atoms with E-state index in [1.807, 2.05) is 0 Å². The molecule has 0 fully saturated rings. The molecule has 7 nitrogen and oxygen atoms in total. The van der Waals surface area contributed by atoms with Gasteiger partial charge in [0, 0.05) is 11.6 Å². The standard InChI is InChI=1S/C20H22ClN3O4S/c1-4-12-22-20(26)17-10-5-6-11-18(17)23-19(25)14(2)24(29(3,27)28)16-9-7-8-15(21)13-16/h4-11,13-14H,1,12H2,2-3H3,(H,22,26)(H,23,25)/t14-/m1/s1. The zero-order valence-electron chi connectivity index (χ0n) is 16.1. The van der Waals surface area contributed by atoms with Crippen LogP contribution in [-0.2, 0) is 14.8 Å². The number of halogens is 1. The highest BCUT2D eigenvalue weighted by Gasteiger charge is 2.30. The van der Waals surface area contributed by atoms with E-state index in [2.05, 4.69) is 17.2 Å². The Balaban J connectivity index is 2.32. The molecule has 0 saturated heterocycles. The van der Waals surface area contributed by atoms with Gasteiger partial charge in [0.25, 0.3) is 5.91 Å². The molecule has 154 valence electrons. The maximum atomic E-state index is 12.8. The number of para-hydroxylation sites is 1. The molecule has 1 atom stereocenters. The van der Waals surface area contributed by atoms with Crippen LogP contribution in [0, 0.1) is 0 Å². The van der Waals surface area contributed by atoms with E-state index in [4.69, 9.17) is 11.6 Å². The summed E-state index contributed by atoms with van der Waals surface area (Å²) >= 11 is 5.98. The van der Waals surface area contributed by atoms with Crippen molar-refractivity contribution in [3.05, 3.63) is 71.8 Å². The van der Waals surface area contributed by atoms with Gasteiger partial charge in [-0.25, -0.2) is 8.42 Å². The lowest BCUT2D eigenvalue weighted by Gasteiger charge is -2.28. The highest BCUT2D eigenvalue weighted by Crippen LogP contribution is 2.25. The molecular formula is C20H22ClN3O4S. The van der Waals surface area contributed by atoms with Crippen LogP contribution in [0.1, 0.15) is 17.3 Å². The van der Waals surface area contributed by atoms with Gasteiger partial charge in [-0.05, 0) is 37.3 Å². The highest BCUT2D eigenvalue weighted by molar-refractivity contribution is 7.92. The van der Waals surface area contributed by atoms with Crippen molar-refractivity contribution in [2.45, 2.75) is 13.0 Å². The lowest BCUT2D eigenvalue weighted by atomic mass is 10.1. The van der Waals surface area contributed by atoms with E-state index >= 15 is 0 Å². The molecule has 9 heteroatoms. The number of hydrogen-bond donors (Lipinski definition) is 2. The lowest BCUT2D eigenvalue weighted by molar-refractivity contribution is -0.116. The lowest BCUT2D eigenvalue weighted by Crippen LogP contribution is -2.45. The molecule has 0 aliphatic heterocycles. The number of benzene rings is 2. The van der Waals surface area contributed by atoms with Crippen LogP contribution >= 0.6 is 11.6 Å². The van der Waals surface area contributed by atoms with E-state index < -0.39 is 22.0 Å². The van der Waals surface area contributed by atoms with E-state index in [1.54, 1.807) is 42.5 Å². The minimum atomic E-state index is -3.79. The second kappa shape index (κ2) is 9.58. The predicted octanol–water partition coefficient (Wildman–Crippen LogP) is 3.05. The first kappa shape index (κ1) is 22.4. The predicted molar refractivity (Wildman–Crippen MR) is 116 cm³/mol. The van der Waals surface area contributed by atoms with Crippen LogP contribution in [0.2, 0.25) is 5.02 Å². The molecule has 0 radical (unpaired) electrons. The van der Waals surface area contributed by atoms with Crippen molar-refractivity contribution >= 4 is 44.8 Å². The molecule has 2 aromatic carbocycles. The molecule has 2 N–H and O–H groups in total. The second-order valence-corrected chi connectivity index (χ2v) is 8.54. The minimum absolute atomic E-state index is 0.253. The first-order valence-corrected chi connectivity index (χ1v) is 10.9. The van der Waals surface area contributed by atoms with E-state index in [0.29, 0.717) is 5.02 Å². The Morgan fingerprint density at radius 2 is 1.90 bits per heavy atom. The third-order valence-electron chi connectivity index (χ3n) is 3.99. The van der Waals surface area contributed by atoms with E-state index in [-0.39, 0.29) is 29.4 Å². The summed E-state index contributed by atoms with van der Waals surface area (Å²) in [6.45, 7) is 5.27. The Labute approximate surface area is 175 Å². The summed E-state index contributed by atoms with van der Waals surface area (Å²) in [5.41, 5.74) is 0.786. The Kier molecular flexibility index (Phi) is 7.41. The molecule has 2 rings (SSSR count). The number of nitrogens with one attached hydrogen (secondary N) is 2. The maximum Gasteiger partial charge on any atom is 0.253 e. The van der Waals surface area contributed by atoms with Gasteiger partial charge < -0.3 is 10.6 Å². The monoisotopic (exact) mass is 435 g/mol. The van der Waals surface area contributed by atoms with Gasteiger partial charge in [0.1, 0.15) is 6.04 Å². The first-order chi connectivity index (χ1) is 13.6. The van der Waals surface area contributed by atoms with Crippen molar-refractivity contribution in [3.63, 3.8) is 0 Å². The Bertz CT molecular complexity index is 1020. The molecule has 2 amide bonds. The number of anilines is 2. The summed E-state index contributed by atoms with van der Waals surface area (Å²) in [6.07, 6.45) is 2.55. The van der Waals surface area contributed by atoms with E-state index in [1.165, 1.54) is 19.1 Å². The van der Waals surface area contributed by atoms with Crippen LogP contribution in [-0.4, -0.2) is 39.1 Å². The third-order valence-corrected chi connectivity index (χ3v) is 5.46. The molecule has 2 aromatic rings. The van der Waals surface area contributed by atoms with E-state index in [0.717, 1.165) is 10.6 Å². The highest BCUT2D eigenvalue weighted by atomic mass is 35.5. The second-order valence-electron chi connectivity index (χ2n) is 6.25. The van der Waals surface area contributed by atoms with Gasteiger partial charge in [0.15, 0.2) is 0 Å². The molecule has 0 bridgehead atoms. The van der Waals surface area contributed by atoms with Crippen molar-refractivity contribution in [1.82, 2.24) is 5.32 Å². The fraction of sp³-hybridized carbons (Fsp3) is 0.200. The summed E-state index contributed by atoms with van der Waals surface area (Å²) in [5.74, 6) is -0.984.